The summed E-state index contributed by atoms with van der Waals surface area (Å²) < 4.78 is 0. The van der Waals surface area contributed by atoms with Crippen molar-refractivity contribution in [3.63, 3.8) is 0 Å². The first kappa shape index (κ1) is 7.53. The van der Waals surface area contributed by atoms with E-state index in [0.29, 0.717) is 5.82 Å². The van der Waals surface area contributed by atoms with E-state index in [-0.39, 0.29) is 0 Å². The van der Waals surface area contributed by atoms with Gasteiger partial charge in [-0.2, -0.15) is 0 Å². The van der Waals surface area contributed by atoms with Crippen molar-refractivity contribution in [2.24, 2.45) is 5.16 Å². The first-order chi connectivity index (χ1) is 5.33. The number of rotatable bonds is 2. The van der Waals surface area contributed by atoms with Crippen LogP contribution in [0.15, 0.2) is 23.5 Å². The van der Waals surface area contributed by atoms with Crippen molar-refractivity contribution in [1.82, 2.24) is 4.98 Å². The van der Waals surface area contributed by atoms with Crippen molar-refractivity contribution in [1.29, 1.82) is 0 Å². The highest BCUT2D eigenvalue weighted by molar-refractivity contribution is 5.78. The largest absolute Gasteiger partial charge is 0.399 e. The maximum Gasteiger partial charge on any atom is 0.123 e. The molecule has 0 fully saturated rings. The lowest BCUT2D eigenvalue weighted by Crippen LogP contribution is -1.90. The molecule has 4 heteroatoms. The van der Waals surface area contributed by atoms with Crippen LogP contribution in [0.1, 0.15) is 5.56 Å². The van der Waals surface area contributed by atoms with Crippen molar-refractivity contribution in [3.05, 3.63) is 23.9 Å². The molecule has 1 aromatic rings. The number of hydrogen-bond acceptors (Lipinski definition) is 4. The fraction of sp³-hybridized carbons (Fsp3) is 0.143. The van der Waals surface area contributed by atoms with Gasteiger partial charge in [-0.3, -0.25) is 0 Å². The maximum absolute atomic E-state index is 5.37. The molecule has 0 atom stereocenters. The second-order valence-corrected chi connectivity index (χ2v) is 1.93. The van der Waals surface area contributed by atoms with Gasteiger partial charge in [0.1, 0.15) is 12.9 Å². The van der Waals surface area contributed by atoms with E-state index in [1.807, 2.05) is 6.07 Å². The van der Waals surface area contributed by atoms with E-state index in [2.05, 4.69) is 15.0 Å². The quantitative estimate of drug-likeness (QED) is 0.498. The smallest absolute Gasteiger partial charge is 0.123 e. The number of oxime groups is 1. The zero-order valence-electron chi connectivity index (χ0n) is 6.19. The van der Waals surface area contributed by atoms with Crippen LogP contribution in [0.4, 0.5) is 5.82 Å². The predicted octanol–water partition coefficient (Wildman–Crippen LogP) is 0.644. The van der Waals surface area contributed by atoms with Crippen molar-refractivity contribution in [2.45, 2.75) is 0 Å². The summed E-state index contributed by atoms with van der Waals surface area (Å²) in [5.41, 5.74) is 6.23. The molecule has 1 aromatic heterocycles. The van der Waals surface area contributed by atoms with Crippen LogP contribution < -0.4 is 5.73 Å². The second-order valence-electron chi connectivity index (χ2n) is 1.93. The molecule has 0 bridgehead atoms. The van der Waals surface area contributed by atoms with Crippen LogP contribution >= 0.6 is 0 Å². The molecule has 0 aliphatic rings. The molecule has 11 heavy (non-hydrogen) atoms. The highest BCUT2D eigenvalue weighted by atomic mass is 16.6. The lowest BCUT2D eigenvalue weighted by molar-refractivity contribution is 0.215. The number of aromatic nitrogens is 1. The Labute approximate surface area is 64.7 Å². The second kappa shape index (κ2) is 3.55. The third kappa shape index (κ3) is 2.25. The highest BCUT2D eigenvalue weighted by Crippen LogP contribution is 1.97. The Hall–Kier alpha value is -1.58. The zero-order chi connectivity index (χ0) is 8.10. The number of nitrogens with zero attached hydrogens (tertiary/aromatic N) is 2. The molecule has 0 radical (unpaired) electrons. The van der Waals surface area contributed by atoms with Gasteiger partial charge in [0, 0.05) is 11.8 Å². The average molecular weight is 151 g/mol. The summed E-state index contributed by atoms with van der Waals surface area (Å²) in [6.45, 7) is 0. The fourth-order valence-electron chi connectivity index (χ4n) is 0.607. The third-order valence-corrected chi connectivity index (χ3v) is 1.12. The molecule has 2 N–H and O–H groups in total. The van der Waals surface area contributed by atoms with Gasteiger partial charge < -0.3 is 10.6 Å². The number of hydrogen-bond donors (Lipinski definition) is 1. The fourth-order valence-corrected chi connectivity index (χ4v) is 0.607. The van der Waals surface area contributed by atoms with E-state index < -0.39 is 0 Å². The van der Waals surface area contributed by atoms with Gasteiger partial charge in [-0.1, -0.05) is 5.16 Å². The number of anilines is 1. The van der Waals surface area contributed by atoms with Gasteiger partial charge in [0.2, 0.25) is 0 Å². The summed E-state index contributed by atoms with van der Waals surface area (Å²) in [4.78, 5) is 8.35. The van der Waals surface area contributed by atoms with Gasteiger partial charge >= 0.3 is 0 Å². The molecular formula is C7H9N3O. The van der Waals surface area contributed by atoms with Gasteiger partial charge in [-0.25, -0.2) is 4.98 Å². The van der Waals surface area contributed by atoms with Gasteiger partial charge in [0.15, 0.2) is 0 Å². The molecule has 0 saturated carbocycles. The Bertz CT molecular complexity index is 242. The zero-order valence-corrected chi connectivity index (χ0v) is 6.19. The summed E-state index contributed by atoms with van der Waals surface area (Å²) in [5, 5.41) is 3.57. The first-order valence-corrected chi connectivity index (χ1v) is 3.11. The Balaban J connectivity index is 2.73. The minimum atomic E-state index is 0.500. The van der Waals surface area contributed by atoms with Crippen molar-refractivity contribution >= 4 is 12.0 Å². The van der Waals surface area contributed by atoms with Crippen LogP contribution in [-0.2, 0) is 4.84 Å². The standard InChI is InChI=1S/C7H9N3O/c1-11-10-5-6-2-3-7(8)9-4-6/h2-5H,1H3,(H2,8,9)/b10-5+. The lowest BCUT2D eigenvalue weighted by Gasteiger charge is -1.91. The van der Waals surface area contributed by atoms with Gasteiger partial charge in [-0.05, 0) is 12.1 Å². The van der Waals surface area contributed by atoms with Crippen molar-refractivity contribution in [3.8, 4) is 0 Å². The third-order valence-electron chi connectivity index (χ3n) is 1.12. The number of pyridine rings is 1. The van der Waals surface area contributed by atoms with Crippen LogP contribution in [0.2, 0.25) is 0 Å². The molecule has 0 aliphatic carbocycles. The van der Waals surface area contributed by atoms with Gasteiger partial charge in [-0.15, -0.1) is 0 Å². The molecule has 1 heterocycles. The van der Waals surface area contributed by atoms with Crippen molar-refractivity contribution < 1.29 is 4.84 Å². The molecule has 4 nitrogen and oxygen atoms in total. The molecule has 58 valence electrons. The van der Waals surface area contributed by atoms with Crippen LogP contribution in [0.5, 0.6) is 0 Å². The predicted molar refractivity (Wildman–Crippen MR) is 43.3 cm³/mol. The molecule has 0 spiro atoms. The van der Waals surface area contributed by atoms with E-state index in [9.17, 15) is 0 Å². The van der Waals surface area contributed by atoms with Gasteiger partial charge in [0.25, 0.3) is 0 Å². The SMILES string of the molecule is CO/N=C/c1ccc(N)nc1. The van der Waals surface area contributed by atoms with Gasteiger partial charge in [0.05, 0.1) is 6.21 Å². The molecule has 0 amide bonds. The van der Waals surface area contributed by atoms with Crippen LogP contribution in [0, 0.1) is 0 Å². The molecule has 0 aromatic carbocycles. The Morgan fingerprint density at radius 2 is 2.45 bits per heavy atom. The van der Waals surface area contributed by atoms with Crippen molar-refractivity contribution in [2.75, 3.05) is 12.8 Å². The summed E-state index contributed by atoms with van der Waals surface area (Å²) in [7, 11) is 1.49. The minimum absolute atomic E-state index is 0.500. The minimum Gasteiger partial charge on any atom is -0.399 e. The van der Waals surface area contributed by atoms with Crippen LogP contribution in [-0.4, -0.2) is 18.3 Å². The summed E-state index contributed by atoms with van der Waals surface area (Å²) in [5.74, 6) is 0.500. The van der Waals surface area contributed by atoms with E-state index >= 15 is 0 Å². The number of nitrogens with two attached hydrogens (primary N) is 1. The molecule has 0 unspecified atom stereocenters. The van der Waals surface area contributed by atoms with Crippen LogP contribution in [0.25, 0.3) is 0 Å². The average Bonchev–Trinajstić information content (AvgIpc) is 2.04. The Morgan fingerprint density at radius 3 is 3.00 bits per heavy atom. The maximum atomic E-state index is 5.37. The molecule has 0 aliphatic heterocycles. The first-order valence-electron chi connectivity index (χ1n) is 3.11. The van der Waals surface area contributed by atoms with E-state index in [0.717, 1.165) is 5.56 Å². The monoisotopic (exact) mass is 151 g/mol. The highest BCUT2D eigenvalue weighted by Gasteiger charge is 1.87. The number of nitrogen functional groups attached to an aromatic ring is 1. The lowest BCUT2D eigenvalue weighted by atomic mass is 10.3. The van der Waals surface area contributed by atoms with E-state index in [1.165, 1.54) is 7.11 Å². The summed E-state index contributed by atoms with van der Waals surface area (Å²) >= 11 is 0. The molecular weight excluding hydrogens is 142 g/mol. The Kier molecular flexibility index (Phi) is 2.43. The Morgan fingerprint density at radius 1 is 1.64 bits per heavy atom. The summed E-state index contributed by atoms with van der Waals surface area (Å²) in [6, 6.07) is 3.52. The summed E-state index contributed by atoms with van der Waals surface area (Å²) in [6.07, 6.45) is 3.18. The van der Waals surface area contributed by atoms with E-state index in [4.69, 9.17) is 5.73 Å². The molecule has 0 saturated heterocycles. The topological polar surface area (TPSA) is 60.5 Å². The van der Waals surface area contributed by atoms with E-state index in [1.54, 1.807) is 18.5 Å². The normalized spacial score (nSPS) is 10.3. The molecule has 1 rings (SSSR count). The van der Waals surface area contributed by atoms with Crippen LogP contribution in [0.3, 0.4) is 0 Å².